The number of aromatic nitrogens is 3. The number of carboxylic acids is 1. The van der Waals surface area contributed by atoms with E-state index < -0.39 is 34.9 Å². The molecule has 2 aromatic heterocycles. The average molecular weight is 446 g/mol. The van der Waals surface area contributed by atoms with Gasteiger partial charge in [-0.25, -0.2) is 14.4 Å². The summed E-state index contributed by atoms with van der Waals surface area (Å²) in [5.74, 6) is -3.07. The Kier molecular flexibility index (Phi) is 5.17. The van der Waals surface area contributed by atoms with Crippen molar-refractivity contribution in [3.05, 3.63) is 65.6 Å². The quantitative estimate of drug-likeness (QED) is 0.326. The molecule has 0 aliphatic rings. The number of benzene rings is 2. The number of anilines is 2. The first kappa shape index (κ1) is 21.1. The van der Waals surface area contributed by atoms with E-state index >= 15 is 0 Å². The first-order chi connectivity index (χ1) is 15.1. The Balaban J connectivity index is 1.83. The highest BCUT2D eigenvalue weighted by Crippen LogP contribution is 2.39. The lowest BCUT2D eigenvalue weighted by Crippen LogP contribution is -2.10. The van der Waals surface area contributed by atoms with E-state index in [1.54, 1.807) is 24.3 Å². The molecule has 0 aliphatic heterocycles. The van der Waals surface area contributed by atoms with Gasteiger partial charge in [-0.15, -0.1) is 0 Å². The lowest BCUT2D eigenvalue weighted by Gasteiger charge is -2.14. The molecule has 4 rings (SSSR count). The third-order valence-electron chi connectivity index (χ3n) is 4.63. The van der Waals surface area contributed by atoms with E-state index in [0.29, 0.717) is 11.3 Å². The van der Waals surface area contributed by atoms with Crippen LogP contribution >= 0.6 is 0 Å². The molecule has 7 nitrogen and oxygen atoms in total. The average Bonchev–Trinajstić information content (AvgIpc) is 3.09. The lowest BCUT2D eigenvalue weighted by atomic mass is 10.1. The maximum atomic E-state index is 14.5. The number of alkyl halides is 3. The first-order valence-corrected chi connectivity index (χ1v) is 9.15. The van der Waals surface area contributed by atoms with Gasteiger partial charge in [0.25, 0.3) is 0 Å². The molecular weight excluding hydrogens is 432 g/mol. The minimum Gasteiger partial charge on any atom is -0.494 e. The molecule has 0 saturated carbocycles. The van der Waals surface area contributed by atoms with Gasteiger partial charge in [0.1, 0.15) is 17.0 Å². The summed E-state index contributed by atoms with van der Waals surface area (Å²) in [6.45, 7) is 0. The first-order valence-electron chi connectivity index (χ1n) is 9.15. The van der Waals surface area contributed by atoms with Crippen molar-refractivity contribution in [2.45, 2.75) is 12.6 Å². The molecule has 0 unspecified atom stereocenters. The zero-order valence-corrected chi connectivity index (χ0v) is 16.0. The van der Waals surface area contributed by atoms with Crippen molar-refractivity contribution in [2.75, 3.05) is 5.32 Å². The van der Waals surface area contributed by atoms with E-state index in [4.69, 9.17) is 5.11 Å². The molecular formula is C21H14F4N4O3. The van der Waals surface area contributed by atoms with Crippen LogP contribution in [0.2, 0.25) is 0 Å². The Morgan fingerprint density at radius 1 is 1.09 bits per heavy atom. The van der Waals surface area contributed by atoms with E-state index in [2.05, 4.69) is 20.3 Å². The fraction of sp³-hybridized carbons (Fsp3) is 0.0952. The lowest BCUT2D eigenvalue weighted by molar-refractivity contribution is -0.137. The highest BCUT2D eigenvalue weighted by molar-refractivity contribution is 5.96. The second-order valence-corrected chi connectivity index (χ2v) is 6.85. The summed E-state index contributed by atoms with van der Waals surface area (Å²) < 4.78 is 54.9. The molecule has 4 N–H and O–H groups in total. The van der Waals surface area contributed by atoms with Crippen molar-refractivity contribution in [2.24, 2.45) is 0 Å². The molecule has 0 atom stereocenters. The second-order valence-electron chi connectivity index (χ2n) is 6.85. The predicted molar refractivity (Wildman–Crippen MR) is 107 cm³/mol. The van der Waals surface area contributed by atoms with Crippen LogP contribution in [0.3, 0.4) is 0 Å². The Morgan fingerprint density at radius 2 is 1.81 bits per heavy atom. The van der Waals surface area contributed by atoms with Crippen molar-refractivity contribution in [3.63, 3.8) is 0 Å². The molecule has 0 amide bonds. The molecule has 11 heteroatoms. The number of hydrogen-bond donors (Lipinski definition) is 4. The molecule has 0 bridgehead atoms. The van der Waals surface area contributed by atoms with Gasteiger partial charge in [-0.1, -0.05) is 18.2 Å². The molecule has 2 aromatic carbocycles. The number of nitrogens with one attached hydrogen (secondary N) is 2. The van der Waals surface area contributed by atoms with Gasteiger partial charge in [0.15, 0.2) is 5.82 Å². The maximum Gasteiger partial charge on any atom is 0.417 e. The monoisotopic (exact) mass is 446 g/mol. The van der Waals surface area contributed by atoms with E-state index in [1.807, 2.05) is 0 Å². The number of nitrogens with zero attached hydrogens (tertiary/aromatic N) is 2. The number of carbonyl (C=O) groups is 1. The third kappa shape index (κ3) is 4.04. The fourth-order valence-corrected chi connectivity index (χ4v) is 3.23. The molecule has 0 radical (unpaired) electrons. The number of halogens is 4. The number of H-pyrrole nitrogens is 1. The van der Waals surface area contributed by atoms with E-state index in [0.717, 1.165) is 18.2 Å². The van der Waals surface area contributed by atoms with Crippen LogP contribution in [0, 0.1) is 5.82 Å². The van der Waals surface area contributed by atoms with Crippen LogP contribution in [-0.2, 0) is 17.4 Å². The summed E-state index contributed by atoms with van der Waals surface area (Å²) in [6, 6.07) is 8.73. The maximum absolute atomic E-state index is 14.5. The van der Waals surface area contributed by atoms with Crippen LogP contribution in [0.5, 0.6) is 5.88 Å². The highest BCUT2D eigenvalue weighted by Gasteiger charge is 2.36. The van der Waals surface area contributed by atoms with Gasteiger partial charge in [0, 0.05) is 11.9 Å². The standard InChI is InChI=1S/C21H14F4N4O3/c22-13-3-1-2-12(21(23,24)25)16(13)18-28-14-9-26-20(32)17(14)19(29-18)27-11-6-4-10(5-7-11)8-15(30)31/h1-7,9,26,32H,8H2,(H,30,31)(H,27,28,29). The van der Waals surface area contributed by atoms with Crippen molar-refractivity contribution in [3.8, 4) is 17.3 Å². The number of fused-ring (bicyclic) bond motifs is 1. The number of aliphatic carboxylic acids is 1. The number of rotatable bonds is 5. The zero-order chi connectivity index (χ0) is 23.0. The van der Waals surface area contributed by atoms with Crippen LogP contribution in [0.25, 0.3) is 22.3 Å². The van der Waals surface area contributed by atoms with Gasteiger partial charge < -0.3 is 20.5 Å². The zero-order valence-electron chi connectivity index (χ0n) is 16.0. The minimum absolute atomic E-state index is 0.0638. The summed E-state index contributed by atoms with van der Waals surface area (Å²) in [7, 11) is 0. The smallest absolute Gasteiger partial charge is 0.417 e. The summed E-state index contributed by atoms with van der Waals surface area (Å²) in [5.41, 5.74) is -1.05. The predicted octanol–water partition coefficient (Wildman–Crippen LogP) is 4.86. The molecule has 0 saturated heterocycles. The molecule has 4 aromatic rings. The number of carboxylic acid groups (broad SMARTS) is 1. The van der Waals surface area contributed by atoms with E-state index in [1.165, 1.54) is 6.20 Å². The van der Waals surface area contributed by atoms with Gasteiger partial charge in [0.2, 0.25) is 5.88 Å². The SMILES string of the molecule is O=C(O)Cc1ccc(Nc2nc(-c3c(F)cccc3C(F)(F)F)nc3c[nH]c(O)c23)cc1. The molecule has 0 spiro atoms. The third-order valence-corrected chi connectivity index (χ3v) is 4.63. The normalized spacial score (nSPS) is 11.6. The van der Waals surface area contributed by atoms with Crippen molar-refractivity contribution >= 4 is 28.4 Å². The molecule has 0 aliphatic carbocycles. The van der Waals surface area contributed by atoms with Crippen LogP contribution in [0.1, 0.15) is 11.1 Å². The number of aromatic hydroxyl groups is 1. The summed E-state index contributed by atoms with van der Waals surface area (Å²) in [4.78, 5) is 21.4. The summed E-state index contributed by atoms with van der Waals surface area (Å²) >= 11 is 0. The Morgan fingerprint density at radius 3 is 2.47 bits per heavy atom. The summed E-state index contributed by atoms with van der Waals surface area (Å²) in [6.07, 6.45) is -3.77. The van der Waals surface area contributed by atoms with Crippen molar-refractivity contribution < 1.29 is 32.6 Å². The van der Waals surface area contributed by atoms with Crippen LogP contribution < -0.4 is 5.32 Å². The topological polar surface area (TPSA) is 111 Å². The largest absolute Gasteiger partial charge is 0.494 e. The van der Waals surface area contributed by atoms with Gasteiger partial charge in [0.05, 0.1) is 23.1 Å². The Hall–Kier alpha value is -4.15. The van der Waals surface area contributed by atoms with Crippen molar-refractivity contribution in [1.29, 1.82) is 0 Å². The molecule has 0 fully saturated rings. The molecule has 32 heavy (non-hydrogen) atoms. The number of aromatic amines is 1. The van der Waals surface area contributed by atoms with E-state index in [9.17, 15) is 27.5 Å². The highest BCUT2D eigenvalue weighted by atomic mass is 19.4. The van der Waals surface area contributed by atoms with Gasteiger partial charge in [-0.3, -0.25) is 4.79 Å². The van der Waals surface area contributed by atoms with Crippen LogP contribution in [0.4, 0.5) is 29.1 Å². The molecule has 2 heterocycles. The van der Waals surface area contributed by atoms with Gasteiger partial charge in [-0.2, -0.15) is 13.2 Å². The van der Waals surface area contributed by atoms with Crippen LogP contribution in [-0.4, -0.2) is 31.1 Å². The second kappa shape index (κ2) is 7.84. The Bertz CT molecular complexity index is 1320. The summed E-state index contributed by atoms with van der Waals surface area (Å²) in [5, 5.41) is 21.9. The van der Waals surface area contributed by atoms with Gasteiger partial charge >= 0.3 is 12.1 Å². The van der Waals surface area contributed by atoms with Crippen molar-refractivity contribution in [1.82, 2.24) is 15.0 Å². The number of hydrogen-bond acceptors (Lipinski definition) is 5. The molecule has 164 valence electrons. The minimum atomic E-state index is -4.84. The van der Waals surface area contributed by atoms with Gasteiger partial charge in [-0.05, 0) is 29.8 Å². The van der Waals surface area contributed by atoms with Crippen LogP contribution in [0.15, 0.2) is 48.7 Å². The fourth-order valence-electron chi connectivity index (χ4n) is 3.23. The van der Waals surface area contributed by atoms with E-state index in [-0.39, 0.29) is 29.0 Å². The Labute approximate surface area is 177 Å².